The normalized spacial score (nSPS) is 15.3. The number of phenolic OH excluding ortho intramolecular Hbond substituents is 1. The molecule has 0 atom stereocenters. The van der Waals surface area contributed by atoms with Crippen LogP contribution in [0.5, 0.6) is 5.75 Å². The Labute approximate surface area is 163 Å². The lowest BCUT2D eigenvalue weighted by atomic mass is 9.99. The zero-order valence-corrected chi connectivity index (χ0v) is 16.2. The van der Waals surface area contributed by atoms with Crippen molar-refractivity contribution in [2.75, 3.05) is 31.1 Å². The van der Waals surface area contributed by atoms with E-state index in [-0.39, 0.29) is 11.4 Å². The van der Waals surface area contributed by atoms with Gasteiger partial charge in [0.05, 0.1) is 5.56 Å². The van der Waals surface area contributed by atoms with E-state index in [0.29, 0.717) is 24.1 Å². The Morgan fingerprint density at radius 2 is 1.86 bits per heavy atom. The van der Waals surface area contributed by atoms with Gasteiger partial charge in [-0.1, -0.05) is 6.92 Å². The molecule has 7 nitrogen and oxygen atoms in total. The second-order valence-corrected chi connectivity index (χ2v) is 7.15. The minimum atomic E-state index is -0.388. The standard InChI is InChI=1S/C21H24N4O3/c1-3-15-12-16-14(2)11-18(26)28-20(16)17(19(15)27)13-24-7-9-25(10-8-24)21-22-5-4-6-23-21/h4-6,11-12,27H,3,7-10,13H2,1-2H3. The number of aromatic hydroxyl groups is 1. The monoisotopic (exact) mass is 380 g/mol. The van der Waals surface area contributed by atoms with E-state index in [1.807, 2.05) is 26.0 Å². The number of phenols is 1. The summed E-state index contributed by atoms with van der Waals surface area (Å²) in [6, 6.07) is 5.24. The largest absolute Gasteiger partial charge is 0.507 e. The summed E-state index contributed by atoms with van der Waals surface area (Å²) in [6.45, 7) is 7.68. The van der Waals surface area contributed by atoms with Crippen molar-refractivity contribution in [2.45, 2.75) is 26.8 Å². The Morgan fingerprint density at radius 1 is 1.14 bits per heavy atom. The molecule has 0 aliphatic carbocycles. The molecule has 146 valence electrons. The maximum absolute atomic E-state index is 11.9. The molecule has 1 aromatic carbocycles. The van der Waals surface area contributed by atoms with Crippen LogP contribution in [0.2, 0.25) is 0 Å². The predicted octanol–water partition coefficient (Wildman–Crippen LogP) is 2.48. The number of aromatic nitrogens is 2. The molecular formula is C21H24N4O3. The Morgan fingerprint density at radius 3 is 2.54 bits per heavy atom. The molecule has 3 heterocycles. The molecule has 1 aliphatic rings. The minimum Gasteiger partial charge on any atom is -0.507 e. The number of fused-ring (bicyclic) bond motifs is 1. The van der Waals surface area contributed by atoms with Crippen LogP contribution in [-0.4, -0.2) is 46.2 Å². The molecule has 0 radical (unpaired) electrons. The fourth-order valence-electron chi connectivity index (χ4n) is 3.77. The van der Waals surface area contributed by atoms with Crippen molar-refractivity contribution in [1.82, 2.24) is 14.9 Å². The Hall–Kier alpha value is -2.93. The Kier molecular flexibility index (Phi) is 5.00. The van der Waals surface area contributed by atoms with E-state index in [1.165, 1.54) is 6.07 Å². The highest BCUT2D eigenvalue weighted by Gasteiger charge is 2.23. The van der Waals surface area contributed by atoms with E-state index < -0.39 is 0 Å². The van der Waals surface area contributed by atoms with E-state index in [1.54, 1.807) is 12.4 Å². The van der Waals surface area contributed by atoms with Crippen LogP contribution in [0.25, 0.3) is 11.0 Å². The second-order valence-electron chi connectivity index (χ2n) is 7.15. The topological polar surface area (TPSA) is 82.7 Å². The molecule has 1 N–H and O–H groups in total. The fourth-order valence-corrected chi connectivity index (χ4v) is 3.77. The van der Waals surface area contributed by atoms with Crippen LogP contribution in [0, 0.1) is 6.92 Å². The molecule has 4 rings (SSSR count). The lowest BCUT2D eigenvalue weighted by Crippen LogP contribution is -2.46. The van der Waals surface area contributed by atoms with Crippen molar-refractivity contribution in [3.8, 4) is 5.75 Å². The zero-order valence-electron chi connectivity index (χ0n) is 16.2. The van der Waals surface area contributed by atoms with Crippen LogP contribution < -0.4 is 10.5 Å². The average molecular weight is 380 g/mol. The molecule has 0 bridgehead atoms. The number of rotatable bonds is 4. The molecular weight excluding hydrogens is 356 g/mol. The molecule has 0 amide bonds. The number of hydrogen-bond donors (Lipinski definition) is 1. The van der Waals surface area contributed by atoms with Crippen molar-refractivity contribution >= 4 is 16.9 Å². The molecule has 2 aromatic heterocycles. The second kappa shape index (κ2) is 7.59. The highest BCUT2D eigenvalue weighted by molar-refractivity contribution is 5.86. The third-order valence-electron chi connectivity index (χ3n) is 5.36. The first-order valence-electron chi connectivity index (χ1n) is 9.59. The van der Waals surface area contributed by atoms with E-state index in [4.69, 9.17) is 4.42 Å². The van der Waals surface area contributed by atoms with Crippen LogP contribution in [0.1, 0.15) is 23.6 Å². The molecule has 1 aliphatic heterocycles. The summed E-state index contributed by atoms with van der Waals surface area (Å²) < 4.78 is 5.51. The molecule has 0 spiro atoms. The van der Waals surface area contributed by atoms with Crippen molar-refractivity contribution in [1.29, 1.82) is 0 Å². The summed E-state index contributed by atoms with van der Waals surface area (Å²) >= 11 is 0. The summed E-state index contributed by atoms with van der Waals surface area (Å²) in [4.78, 5) is 25.0. The van der Waals surface area contributed by atoms with E-state index in [9.17, 15) is 9.90 Å². The van der Waals surface area contributed by atoms with E-state index >= 15 is 0 Å². The number of hydrogen-bond acceptors (Lipinski definition) is 7. The SMILES string of the molecule is CCc1cc2c(C)cc(=O)oc2c(CN2CCN(c3ncccn3)CC2)c1O. The minimum absolute atomic E-state index is 0.234. The lowest BCUT2D eigenvalue weighted by molar-refractivity contribution is 0.245. The van der Waals surface area contributed by atoms with Crippen molar-refractivity contribution in [3.63, 3.8) is 0 Å². The molecule has 3 aromatic rings. The molecule has 1 fully saturated rings. The van der Waals surface area contributed by atoms with Gasteiger partial charge in [-0.3, -0.25) is 4.90 Å². The van der Waals surface area contributed by atoms with Gasteiger partial charge in [0.25, 0.3) is 0 Å². The summed E-state index contributed by atoms with van der Waals surface area (Å²) in [5.41, 5.74) is 2.54. The van der Waals surface area contributed by atoms with Crippen LogP contribution in [-0.2, 0) is 13.0 Å². The van der Waals surface area contributed by atoms with Gasteiger partial charge in [-0.05, 0) is 36.6 Å². The molecule has 0 saturated carbocycles. The smallest absolute Gasteiger partial charge is 0.336 e. The molecule has 0 unspecified atom stereocenters. The maximum Gasteiger partial charge on any atom is 0.336 e. The maximum atomic E-state index is 11.9. The van der Waals surface area contributed by atoms with Gasteiger partial charge < -0.3 is 14.4 Å². The van der Waals surface area contributed by atoms with Crippen molar-refractivity contribution < 1.29 is 9.52 Å². The highest BCUT2D eigenvalue weighted by Crippen LogP contribution is 2.33. The third kappa shape index (κ3) is 3.45. The third-order valence-corrected chi connectivity index (χ3v) is 5.36. The van der Waals surface area contributed by atoms with Gasteiger partial charge in [-0.25, -0.2) is 14.8 Å². The molecule has 7 heteroatoms. The first-order valence-corrected chi connectivity index (χ1v) is 9.59. The summed E-state index contributed by atoms with van der Waals surface area (Å²) in [5, 5.41) is 11.7. The van der Waals surface area contributed by atoms with Gasteiger partial charge in [0.15, 0.2) is 0 Å². The molecule has 1 saturated heterocycles. The summed E-state index contributed by atoms with van der Waals surface area (Å²) in [6.07, 6.45) is 4.21. The average Bonchev–Trinajstić information content (AvgIpc) is 2.71. The number of nitrogens with zero attached hydrogens (tertiary/aromatic N) is 4. The van der Waals surface area contributed by atoms with Crippen LogP contribution in [0.4, 0.5) is 5.95 Å². The van der Waals surface area contributed by atoms with Gasteiger partial charge in [0, 0.05) is 56.6 Å². The number of anilines is 1. The quantitative estimate of drug-likeness (QED) is 0.696. The Bertz CT molecular complexity index is 1040. The zero-order chi connectivity index (χ0) is 19.7. The highest BCUT2D eigenvalue weighted by atomic mass is 16.4. The fraction of sp³-hybridized carbons (Fsp3) is 0.381. The van der Waals surface area contributed by atoms with Crippen LogP contribution in [0.3, 0.4) is 0 Å². The number of piperazine rings is 1. The summed E-state index contributed by atoms with van der Waals surface area (Å²) in [7, 11) is 0. The Balaban J connectivity index is 1.61. The lowest BCUT2D eigenvalue weighted by Gasteiger charge is -2.34. The van der Waals surface area contributed by atoms with Gasteiger partial charge >= 0.3 is 5.63 Å². The van der Waals surface area contributed by atoms with Gasteiger partial charge in [0.1, 0.15) is 11.3 Å². The summed E-state index contributed by atoms with van der Waals surface area (Å²) in [5.74, 6) is 0.975. The number of aryl methyl sites for hydroxylation is 2. The van der Waals surface area contributed by atoms with Crippen LogP contribution in [0.15, 0.2) is 39.8 Å². The van der Waals surface area contributed by atoms with E-state index in [0.717, 1.165) is 48.6 Å². The molecule has 28 heavy (non-hydrogen) atoms. The van der Waals surface area contributed by atoms with Gasteiger partial charge in [-0.15, -0.1) is 0 Å². The van der Waals surface area contributed by atoms with Gasteiger partial charge in [0.2, 0.25) is 5.95 Å². The predicted molar refractivity (Wildman–Crippen MR) is 108 cm³/mol. The van der Waals surface area contributed by atoms with Crippen molar-refractivity contribution in [3.05, 3.63) is 57.7 Å². The van der Waals surface area contributed by atoms with Gasteiger partial charge in [-0.2, -0.15) is 0 Å². The van der Waals surface area contributed by atoms with E-state index in [2.05, 4.69) is 19.8 Å². The first kappa shape index (κ1) is 18.4. The first-order chi connectivity index (χ1) is 13.6. The number of benzene rings is 1. The van der Waals surface area contributed by atoms with Crippen molar-refractivity contribution in [2.24, 2.45) is 0 Å². The van der Waals surface area contributed by atoms with Crippen LogP contribution >= 0.6 is 0 Å².